The predicted molar refractivity (Wildman–Crippen MR) is 95.7 cm³/mol. The summed E-state index contributed by atoms with van der Waals surface area (Å²) in [7, 11) is 0. The van der Waals surface area contributed by atoms with Crippen LogP contribution in [0.2, 0.25) is 0 Å². The van der Waals surface area contributed by atoms with E-state index in [1.807, 2.05) is 27.8 Å². The summed E-state index contributed by atoms with van der Waals surface area (Å²) in [6.07, 6.45) is 14.6. The van der Waals surface area contributed by atoms with Crippen LogP contribution in [-0.2, 0) is 11.2 Å². The zero-order chi connectivity index (χ0) is 17.8. The first kappa shape index (κ1) is 16.4. The maximum absolute atomic E-state index is 12.6. The molecule has 0 aromatic carbocycles. The van der Waals surface area contributed by atoms with Crippen molar-refractivity contribution in [1.29, 1.82) is 0 Å². The molecule has 4 heterocycles. The molecule has 132 valence electrons. The number of imidazole rings is 1. The number of rotatable bonds is 4. The highest BCUT2D eigenvalue weighted by Crippen LogP contribution is 2.26. The SMILES string of the molecule is O=C(Cc1cccnc1)N1CCC[C@H](c2cncc(-n3ccnc3)n2)C1. The lowest BCUT2D eigenvalue weighted by atomic mass is 9.94. The molecule has 0 bridgehead atoms. The molecule has 1 amide bonds. The maximum Gasteiger partial charge on any atom is 0.227 e. The van der Waals surface area contributed by atoms with Crippen molar-refractivity contribution < 1.29 is 4.79 Å². The lowest BCUT2D eigenvalue weighted by Gasteiger charge is -2.32. The van der Waals surface area contributed by atoms with Crippen molar-refractivity contribution >= 4 is 5.91 Å². The number of aromatic nitrogens is 5. The number of hydrogen-bond donors (Lipinski definition) is 0. The van der Waals surface area contributed by atoms with Crippen molar-refractivity contribution in [1.82, 2.24) is 29.4 Å². The Bertz CT molecular complexity index is 865. The molecule has 0 saturated carbocycles. The Balaban J connectivity index is 1.47. The van der Waals surface area contributed by atoms with Gasteiger partial charge in [0.2, 0.25) is 5.91 Å². The monoisotopic (exact) mass is 348 g/mol. The molecular formula is C19H20N6O. The van der Waals surface area contributed by atoms with Gasteiger partial charge in [-0.2, -0.15) is 0 Å². The summed E-state index contributed by atoms with van der Waals surface area (Å²) in [5, 5.41) is 0. The van der Waals surface area contributed by atoms with Gasteiger partial charge in [-0.15, -0.1) is 0 Å². The first-order chi connectivity index (χ1) is 12.8. The number of amides is 1. The van der Waals surface area contributed by atoms with Crippen LogP contribution in [0.15, 0.2) is 55.6 Å². The average Bonchev–Trinajstić information content (AvgIpc) is 3.24. The molecular weight excluding hydrogens is 328 g/mol. The largest absolute Gasteiger partial charge is 0.342 e. The highest BCUT2D eigenvalue weighted by atomic mass is 16.2. The summed E-state index contributed by atoms with van der Waals surface area (Å²) >= 11 is 0. The molecule has 1 saturated heterocycles. The summed E-state index contributed by atoms with van der Waals surface area (Å²) in [4.78, 5) is 31.8. The molecule has 0 unspecified atom stereocenters. The number of carbonyl (C=O) groups is 1. The van der Waals surface area contributed by atoms with Gasteiger partial charge in [0.25, 0.3) is 0 Å². The Kier molecular flexibility index (Phi) is 4.68. The zero-order valence-electron chi connectivity index (χ0n) is 14.4. The summed E-state index contributed by atoms with van der Waals surface area (Å²) in [6, 6.07) is 3.80. The number of pyridine rings is 1. The summed E-state index contributed by atoms with van der Waals surface area (Å²) in [5.74, 6) is 1.10. The van der Waals surface area contributed by atoms with E-state index in [2.05, 4.69) is 15.0 Å². The number of hydrogen-bond acceptors (Lipinski definition) is 5. The number of piperidine rings is 1. The van der Waals surface area contributed by atoms with Crippen LogP contribution in [-0.4, -0.2) is 48.4 Å². The predicted octanol–water partition coefficient (Wildman–Crippen LogP) is 2.01. The molecule has 0 radical (unpaired) electrons. The lowest BCUT2D eigenvalue weighted by molar-refractivity contribution is -0.131. The van der Waals surface area contributed by atoms with Crippen LogP contribution >= 0.6 is 0 Å². The van der Waals surface area contributed by atoms with Gasteiger partial charge in [-0.1, -0.05) is 6.07 Å². The van der Waals surface area contributed by atoms with Gasteiger partial charge in [0, 0.05) is 50.0 Å². The molecule has 26 heavy (non-hydrogen) atoms. The molecule has 1 atom stereocenters. The van der Waals surface area contributed by atoms with E-state index in [9.17, 15) is 4.79 Å². The third kappa shape index (κ3) is 3.61. The smallest absolute Gasteiger partial charge is 0.227 e. The second-order valence-corrected chi connectivity index (χ2v) is 6.49. The van der Waals surface area contributed by atoms with Crippen LogP contribution in [0, 0.1) is 0 Å². The van der Waals surface area contributed by atoms with E-state index in [1.165, 1.54) is 0 Å². The van der Waals surface area contributed by atoms with Gasteiger partial charge in [-0.05, 0) is 24.5 Å². The molecule has 3 aromatic rings. The molecule has 1 aliphatic heterocycles. The third-order valence-corrected chi connectivity index (χ3v) is 4.68. The molecule has 1 fully saturated rings. The molecule has 3 aromatic heterocycles. The van der Waals surface area contributed by atoms with Crippen molar-refractivity contribution in [2.75, 3.05) is 13.1 Å². The molecule has 4 rings (SSSR count). The van der Waals surface area contributed by atoms with E-state index >= 15 is 0 Å². The molecule has 7 nitrogen and oxygen atoms in total. The highest BCUT2D eigenvalue weighted by molar-refractivity contribution is 5.78. The summed E-state index contributed by atoms with van der Waals surface area (Å²) in [5.41, 5.74) is 1.87. The van der Waals surface area contributed by atoms with Crippen molar-refractivity contribution in [3.05, 3.63) is 66.9 Å². The fraction of sp³-hybridized carbons (Fsp3) is 0.316. The summed E-state index contributed by atoms with van der Waals surface area (Å²) in [6.45, 7) is 1.48. The van der Waals surface area contributed by atoms with E-state index in [4.69, 9.17) is 4.98 Å². The number of likely N-dealkylation sites (tertiary alicyclic amines) is 1. The van der Waals surface area contributed by atoms with E-state index in [0.29, 0.717) is 13.0 Å². The number of carbonyl (C=O) groups excluding carboxylic acids is 1. The van der Waals surface area contributed by atoms with Crippen molar-refractivity contribution in [2.45, 2.75) is 25.2 Å². The molecule has 0 spiro atoms. The Hall–Kier alpha value is -3.09. The van der Waals surface area contributed by atoms with Crippen LogP contribution in [0.1, 0.15) is 30.0 Å². The first-order valence-electron chi connectivity index (χ1n) is 8.76. The van der Waals surface area contributed by atoms with E-state index in [0.717, 1.165) is 36.5 Å². The normalized spacial score (nSPS) is 17.2. The van der Waals surface area contributed by atoms with E-state index in [1.54, 1.807) is 37.3 Å². The quantitative estimate of drug-likeness (QED) is 0.721. The minimum Gasteiger partial charge on any atom is -0.342 e. The van der Waals surface area contributed by atoms with Gasteiger partial charge in [0.15, 0.2) is 5.82 Å². The van der Waals surface area contributed by atoms with E-state index < -0.39 is 0 Å². The Morgan fingerprint density at radius 1 is 1.15 bits per heavy atom. The molecule has 0 N–H and O–H groups in total. The minimum atomic E-state index is 0.140. The van der Waals surface area contributed by atoms with E-state index in [-0.39, 0.29) is 11.8 Å². The van der Waals surface area contributed by atoms with Crippen molar-refractivity contribution in [3.8, 4) is 5.82 Å². The zero-order valence-corrected chi connectivity index (χ0v) is 14.4. The second kappa shape index (κ2) is 7.43. The van der Waals surface area contributed by atoms with Crippen molar-refractivity contribution in [3.63, 3.8) is 0 Å². The Morgan fingerprint density at radius 3 is 2.92 bits per heavy atom. The molecule has 7 heteroatoms. The maximum atomic E-state index is 12.6. The van der Waals surface area contributed by atoms with Gasteiger partial charge in [0.1, 0.15) is 6.33 Å². The van der Waals surface area contributed by atoms with Gasteiger partial charge < -0.3 is 4.90 Å². The van der Waals surface area contributed by atoms with Gasteiger partial charge >= 0.3 is 0 Å². The van der Waals surface area contributed by atoms with Crippen LogP contribution in [0.3, 0.4) is 0 Å². The fourth-order valence-electron chi connectivity index (χ4n) is 3.32. The number of nitrogens with zero attached hydrogens (tertiary/aromatic N) is 6. The van der Waals surface area contributed by atoms with Gasteiger partial charge in [-0.25, -0.2) is 9.97 Å². The third-order valence-electron chi connectivity index (χ3n) is 4.68. The fourth-order valence-corrected chi connectivity index (χ4v) is 3.32. The van der Waals surface area contributed by atoms with Crippen LogP contribution in [0.5, 0.6) is 0 Å². The van der Waals surface area contributed by atoms with Gasteiger partial charge in [0.05, 0.1) is 18.3 Å². The Morgan fingerprint density at radius 2 is 2.12 bits per heavy atom. The minimum absolute atomic E-state index is 0.140. The molecule has 1 aliphatic rings. The first-order valence-corrected chi connectivity index (χ1v) is 8.76. The van der Waals surface area contributed by atoms with Crippen LogP contribution in [0.4, 0.5) is 0 Å². The molecule has 0 aliphatic carbocycles. The lowest BCUT2D eigenvalue weighted by Crippen LogP contribution is -2.40. The summed E-state index contributed by atoms with van der Waals surface area (Å²) < 4.78 is 1.84. The van der Waals surface area contributed by atoms with Crippen LogP contribution < -0.4 is 0 Å². The van der Waals surface area contributed by atoms with Crippen molar-refractivity contribution in [2.24, 2.45) is 0 Å². The standard InChI is InChI=1S/C19H20N6O/c26-19(9-15-3-1-5-20-10-15)24-7-2-4-16(13-24)17-11-22-12-18(23-17)25-8-6-21-14-25/h1,3,5-6,8,10-12,14,16H,2,4,7,9,13H2/t16-/m0/s1. The Labute approximate surface area is 151 Å². The van der Waals surface area contributed by atoms with Gasteiger partial charge in [-0.3, -0.25) is 19.3 Å². The second-order valence-electron chi connectivity index (χ2n) is 6.49. The highest BCUT2D eigenvalue weighted by Gasteiger charge is 2.26. The topological polar surface area (TPSA) is 76.8 Å². The average molecular weight is 348 g/mol. The van der Waals surface area contributed by atoms with Crippen LogP contribution in [0.25, 0.3) is 5.82 Å².